The number of benzene rings is 3. The first kappa shape index (κ1) is 13.7. The molecule has 0 aliphatic heterocycles. The molecule has 4 rings (SSSR count). The Labute approximate surface area is 134 Å². The first-order valence-corrected chi connectivity index (χ1v) is 7.60. The van der Waals surface area contributed by atoms with Gasteiger partial charge in [0.15, 0.2) is 0 Å². The van der Waals surface area contributed by atoms with Crippen LogP contribution in [-0.4, -0.2) is 14.7 Å². The average Bonchev–Trinajstić information content (AvgIpc) is 3.02. The van der Waals surface area contributed by atoms with Gasteiger partial charge in [-0.1, -0.05) is 60.7 Å². The number of fused-ring (bicyclic) bond motifs is 1. The van der Waals surface area contributed by atoms with Crippen molar-refractivity contribution < 1.29 is 5.11 Å². The highest BCUT2D eigenvalue weighted by atomic mass is 16.3. The monoisotopic (exact) mass is 300 g/mol. The predicted octanol–water partition coefficient (Wildman–Crippen LogP) is 4.11. The Balaban J connectivity index is 1.96. The lowest BCUT2D eigenvalue weighted by atomic mass is 10.1. The van der Waals surface area contributed by atoms with Gasteiger partial charge in [-0.15, -0.1) is 0 Å². The van der Waals surface area contributed by atoms with E-state index in [0.29, 0.717) is 5.82 Å². The molecule has 1 atom stereocenters. The quantitative estimate of drug-likeness (QED) is 0.618. The van der Waals surface area contributed by atoms with Crippen LogP contribution >= 0.6 is 0 Å². The van der Waals surface area contributed by atoms with E-state index in [1.54, 1.807) is 0 Å². The molecule has 0 amide bonds. The van der Waals surface area contributed by atoms with Gasteiger partial charge in [0.25, 0.3) is 0 Å². The second-order valence-corrected chi connectivity index (χ2v) is 5.44. The molecule has 1 heterocycles. The van der Waals surface area contributed by atoms with Crippen LogP contribution in [0, 0.1) is 0 Å². The minimum Gasteiger partial charge on any atom is -0.380 e. The van der Waals surface area contributed by atoms with E-state index in [9.17, 15) is 5.11 Å². The zero-order valence-electron chi connectivity index (χ0n) is 12.5. The number of rotatable bonds is 3. The highest BCUT2D eigenvalue weighted by Crippen LogP contribution is 2.28. The van der Waals surface area contributed by atoms with Crippen molar-refractivity contribution in [2.45, 2.75) is 6.10 Å². The largest absolute Gasteiger partial charge is 0.380 e. The predicted molar refractivity (Wildman–Crippen MR) is 91.6 cm³/mol. The molecule has 3 nitrogen and oxygen atoms in total. The molecule has 112 valence electrons. The summed E-state index contributed by atoms with van der Waals surface area (Å²) in [6, 6.07) is 27.6. The first-order valence-electron chi connectivity index (χ1n) is 7.60. The van der Waals surface area contributed by atoms with Crippen molar-refractivity contribution >= 4 is 11.0 Å². The van der Waals surface area contributed by atoms with E-state index in [4.69, 9.17) is 0 Å². The van der Waals surface area contributed by atoms with Gasteiger partial charge in [0.1, 0.15) is 11.9 Å². The minimum absolute atomic E-state index is 0.628. The summed E-state index contributed by atoms with van der Waals surface area (Å²) in [6.45, 7) is 0. The van der Waals surface area contributed by atoms with Crippen LogP contribution in [0.2, 0.25) is 0 Å². The average molecular weight is 300 g/mol. The summed E-state index contributed by atoms with van der Waals surface area (Å²) in [5.74, 6) is 0.628. The van der Waals surface area contributed by atoms with Crippen LogP contribution in [0.3, 0.4) is 0 Å². The summed E-state index contributed by atoms with van der Waals surface area (Å²) in [7, 11) is 0. The van der Waals surface area contributed by atoms with Crippen LogP contribution in [0.25, 0.3) is 16.7 Å². The minimum atomic E-state index is -0.774. The number of aliphatic hydroxyl groups excluding tert-OH is 1. The highest BCUT2D eigenvalue weighted by molar-refractivity contribution is 5.78. The van der Waals surface area contributed by atoms with Gasteiger partial charge in [0.05, 0.1) is 11.0 Å². The van der Waals surface area contributed by atoms with Gasteiger partial charge in [-0.05, 0) is 29.8 Å². The zero-order chi connectivity index (χ0) is 15.6. The maximum atomic E-state index is 10.9. The molecule has 0 spiro atoms. The van der Waals surface area contributed by atoms with E-state index in [-0.39, 0.29) is 0 Å². The van der Waals surface area contributed by atoms with Gasteiger partial charge in [-0.3, -0.25) is 4.57 Å². The molecule has 1 aromatic heterocycles. The fraction of sp³-hybridized carbons (Fsp3) is 0.0500. The van der Waals surface area contributed by atoms with Crippen molar-refractivity contribution in [2.24, 2.45) is 0 Å². The Morgan fingerprint density at radius 2 is 1.35 bits per heavy atom. The van der Waals surface area contributed by atoms with Crippen LogP contribution in [0.4, 0.5) is 0 Å². The molecular weight excluding hydrogens is 284 g/mol. The number of hydrogen-bond acceptors (Lipinski definition) is 2. The summed E-state index contributed by atoms with van der Waals surface area (Å²) in [6.07, 6.45) is -0.774. The van der Waals surface area contributed by atoms with Crippen molar-refractivity contribution in [1.29, 1.82) is 0 Å². The van der Waals surface area contributed by atoms with Gasteiger partial charge >= 0.3 is 0 Å². The van der Waals surface area contributed by atoms with Gasteiger partial charge in [0.2, 0.25) is 0 Å². The van der Waals surface area contributed by atoms with E-state index in [2.05, 4.69) is 4.98 Å². The Morgan fingerprint density at radius 3 is 2.09 bits per heavy atom. The van der Waals surface area contributed by atoms with Crippen molar-refractivity contribution in [2.75, 3.05) is 0 Å². The highest BCUT2D eigenvalue weighted by Gasteiger charge is 2.20. The van der Waals surface area contributed by atoms with Gasteiger partial charge in [0, 0.05) is 5.69 Å². The third kappa shape index (κ3) is 2.41. The number of para-hydroxylation sites is 3. The zero-order valence-corrected chi connectivity index (χ0v) is 12.5. The number of nitrogens with zero attached hydrogens (tertiary/aromatic N) is 2. The number of hydrogen-bond donors (Lipinski definition) is 1. The topological polar surface area (TPSA) is 38.1 Å². The van der Waals surface area contributed by atoms with Crippen molar-refractivity contribution in [3.8, 4) is 5.69 Å². The van der Waals surface area contributed by atoms with E-state index in [0.717, 1.165) is 22.3 Å². The molecule has 3 aromatic carbocycles. The molecule has 1 N–H and O–H groups in total. The Morgan fingerprint density at radius 1 is 0.739 bits per heavy atom. The van der Waals surface area contributed by atoms with E-state index < -0.39 is 6.10 Å². The first-order chi connectivity index (χ1) is 11.3. The van der Waals surface area contributed by atoms with Crippen LogP contribution in [-0.2, 0) is 0 Å². The second-order valence-electron chi connectivity index (χ2n) is 5.44. The van der Waals surface area contributed by atoms with Gasteiger partial charge in [-0.2, -0.15) is 0 Å². The molecule has 0 unspecified atom stereocenters. The smallest absolute Gasteiger partial charge is 0.148 e. The Hall–Kier alpha value is -2.91. The summed E-state index contributed by atoms with van der Waals surface area (Å²) < 4.78 is 2.02. The molecule has 0 radical (unpaired) electrons. The molecule has 4 aromatic rings. The van der Waals surface area contributed by atoms with Gasteiger partial charge < -0.3 is 5.11 Å². The molecule has 0 aliphatic rings. The fourth-order valence-corrected chi connectivity index (χ4v) is 2.86. The van der Waals surface area contributed by atoms with E-state index in [1.165, 1.54) is 0 Å². The number of imidazole rings is 1. The summed E-state index contributed by atoms with van der Waals surface area (Å²) >= 11 is 0. The van der Waals surface area contributed by atoms with Crippen molar-refractivity contribution in [3.05, 3.63) is 96.3 Å². The maximum Gasteiger partial charge on any atom is 0.148 e. The van der Waals surface area contributed by atoms with Gasteiger partial charge in [-0.25, -0.2) is 4.98 Å². The van der Waals surface area contributed by atoms with E-state index in [1.807, 2.05) is 89.5 Å². The molecule has 0 aliphatic carbocycles. The van der Waals surface area contributed by atoms with Crippen molar-refractivity contribution in [1.82, 2.24) is 9.55 Å². The number of aliphatic hydroxyl groups is 1. The molecule has 3 heteroatoms. The third-order valence-electron chi connectivity index (χ3n) is 3.96. The molecule has 0 saturated heterocycles. The third-order valence-corrected chi connectivity index (χ3v) is 3.96. The molecule has 0 bridgehead atoms. The maximum absolute atomic E-state index is 10.9. The van der Waals surface area contributed by atoms with Crippen LogP contribution in [0.15, 0.2) is 84.9 Å². The Bertz CT molecular complexity index is 930. The standard InChI is InChI=1S/C20H16N2O/c23-19(15-9-3-1-4-10-15)20-21-17-13-7-8-14-18(17)22(20)16-11-5-2-6-12-16/h1-14,19,23H/t19-/m1/s1. The normalized spacial score (nSPS) is 12.4. The summed E-state index contributed by atoms with van der Waals surface area (Å²) in [5, 5.41) is 10.9. The lowest BCUT2D eigenvalue weighted by Crippen LogP contribution is -2.08. The lowest BCUT2D eigenvalue weighted by Gasteiger charge is -2.14. The summed E-state index contributed by atoms with van der Waals surface area (Å²) in [4.78, 5) is 4.68. The van der Waals surface area contributed by atoms with E-state index >= 15 is 0 Å². The SMILES string of the molecule is O[C@H](c1ccccc1)c1nc2ccccc2n1-c1ccccc1. The van der Waals surface area contributed by atoms with Crippen molar-refractivity contribution in [3.63, 3.8) is 0 Å². The van der Waals surface area contributed by atoms with Crippen LogP contribution < -0.4 is 0 Å². The van der Waals surface area contributed by atoms with Crippen LogP contribution in [0.5, 0.6) is 0 Å². The fourth-order valence-electron chi connectivity index (χ4n) is 2.86. The molecule has 0 saturated carbocycles. The second kappa shape index (κ2) is 5.71. The Kier molecular flexibility index (Phi) is 3.41. The number of aromatic nitrogens is 2. The molecular formula is C20H16N2O. The summed E-state index contributed by atoms with van der Waals surface area (Å²) in [5.41, 5.74) is 3.69. The molecule has 0 fully saturated rings. The molecule has 23 heavy (non-hydrogen) atoms. The van der Waals surface area contributed by atoms with Crippen LogP contribution in [0.1, 0.15) is 17.5 Å². The lowest BCUT2D eigenvalue weighted by molar-refractivity contribution is 0.208.